The Labute approximate surface area is 88.2 Å². The zero-order chi connectivity index (χ0) is 11.2. The van der Waals surface area contributed by atoms with Crippen LogP contribution in [0.4, 0.5) is 0 Å². The maximum atomic E-state index is 9.11. The Balaban J connectivity index is 0.000000379. The molecule has 2 bridgehead atoms. The van der Waals surface area contributed by atoms with E-state index in [2.05, 4.69) is 24.8 Å². The zero-order valence-corrected chi connectivity index (χ0v) is 9.96. The van der Waals surface area contributed by atoms with E-state index in [1.165, 1.54) is 19.9 Å². The van der Waals surface area contributed by atoms with E-state index in [-0.39, 0.29) is 5.41 Å². The summed E-state index contributed by atoms with van der Waals surface area (Å²) in [6.07, 6.45) is 7.08. The molecular formula is C12H25NO. The Kier molecular flexibility index (Phi) is 6.05. The van der Waals surface area contributed by atoms with Crippen molar-refractivity contribution >= 4 is 0 Å². The fourth-order valence-corrected chi connectivity index (χ4v) is 2.37. The Morgan fingerprint density at radius 1 is 1.36 bits per heavy atom. The second-order valence-electron chi connectivity index (χ2n) is 4.00. The molecule has 3 N–H and O–H groups in total. The van der Waals surface area contributed by atoms with Gasteiger partial charge >= 0.3 is 0 Å². The second kappa shape index (κ2) is 6.20. The summed E-state index contributed by atoms with van der Waals surface area (Å²) in [5.74, 6) is 1.45. The van der Waals surface area contributed by atoms with Crippen molar-refractivity contribution in [1.82, 2.24) is 0 Å². The van der Waals surface area contributed by atoms with Gasteiger partial charge in [-0.25, -0.2) is 0 Å². The molecule has 2 aliphatic carbocycles. The third-order valence-corrected chi connectivity index (χ3v) is 3.16. The summed E-state index contributed by atoms with van der Waals surface area (Å²) in [4.78, 5) is 0. The highest BCUT2D eigenvalue weighted by molar-refractivity contribution is 5.14. The van der Waals surface area contributed by atoms with Crippen LogP contribution in [0.15, 0.2) is 12.2 Å². The summed E-state index contributed by atoms with van der Waals surface area (Å²) in [7, 11) is 1.50. The summed E-state index contributed by atoms with van der Waals surface area (Å²) < 4.78 is 0. The molecule has 0 spiro atoms. The van der Waals surface area contributed by atoms with Crippen LogP contribution in [-0.4, -0.2) is 18.8 Å². The molecule has 0 aromatic rings. The Morgan fingerprint density at radius 2 is 1.93 bits per heavy atom. The summed E-state index contributed by atoms with van der Waals surface area (Å²) >= 11 is 0. The molecule has 1 fully saturated rings. The predicted molar refractivity (Wildman–Crippen MR) is 62.0 cm³/mol. The van der Waals surface area contributed by atoms with Gasteiger partial charge in [-0.05, 0) is 37.1 Å². The van der Waals surface area contributed by atoms with Crippen molar-refractivity contribution in [2.45, 2.75) is 33.6 Å². The van der Waals surface area contributed by atoms with Gasteiger partial charge in [-0.15, -0.1) is 0 Å². The smallest absolute Gasteiger partial charge is 0.0490 e. The monoisotopic (exact) mass is 199 g/mol. The highest BCUT2D eigenvalue weighted by Gasteiger charge is 2.44. The fraction of sp³-hybridized carbons (Fsp3) is 0.833. The average molecular weight is 199 g/mol. The molecule has 2 rings (SSSR count). The van der Waals surface area contributed by atoms with Crippen LogP contribution in [-0.2, 0) is 0 Å². The van der Waals surface area contributed by atoms with Crippen LogP contribution in [0.5, 0.6) is 0 Å². The summed E-state index contributed by atoms with van der Waals surface area (Å²) in [6, 6.07) is 0. The number of aliphatic hydroxyl groups excluding tert-OH is 1. The third kappa shape index (κ3) is 2.58. The van der Waals surface area contributed by atoms with Gasteiger partial charge in [0, 0.05) is 6.61 Å². The standard InChI is InChI=1S/C9H14O.C2H6.CH5N/c1-9(6-10)5-7-2-3-8(9)4-7;2*1-2/h2-3,7-8,10H,4-6H2,1H3;1-2H3;2H2,1H3. The summed E-state index contributed by atoms with van der Waals surface area (Å²) in [5, 5.41) is 9.11. The van der Waals surface area contributed by atoms with Gasteiger partial charge in [-0.1, -0.05) is 32.9 Å². The lowest BCUT2D eigenvalue weighted by Crippen LogP contribution is -2.25. The van der Waals surface area contributed by atoms with Crippen molar-refractivity contribution < 1.29 is 5.11 Å². The molecule has 0 aliphatic heterocycles. The summed E-state index contributed by atoms with van der Waals surface area (Å²) in [6.45, 7) is 6.56. The van der Waals surface area contributed by atoms with E-state index in [0.717, 1.165) is 5.92 Å². The predicted octanol–water partition coefficient (Wildman–Crippen LogP) is 2.18. The number of hydrogen-bond acceptors (Lipinski definition) is 2. The van der Waals surface area contributed by atoms with Crippen LogP contribution in [0.3, 0.4) is 0 Å². The Hall–Kier alpha value is -0.340. The van der Waals surface area contributed by atoms with Gasteiger partial charge in [0.15, 0.2) is 0 Å². The molecule has 1 saturated carbocycles. The van der Waals surface area contributed by atoms with Crippen molar-refractivity contribution in [2.75, 3.05) is 13.7 Å². The molecule has 0 saturated heterocycles. The molecule has 2 nitrogen and oxygen atoms in total. The molecule has 14 heavy (non-hydrogen) atoms. The molecular weight excluding hydrogens is 174 g/mol. The largest absolute Gasteiger partial charge is 0.396 e. The van der Waals surface area contributed by atoms with Crippen LogP contribution in [0, 0.1) is 17.3 Å². The maximum Gasteiger partial charge on any atom is 0.0490 e. The first-order valence-electron chi connectivity index (χ1n) is 5.61. The molecule has 3 unspecified atom stereocenters. The lowest BCUT2D eigenvalue weighted by molar-refractivity contribution is 0.116. The fourth-order valence-electron chi connectivity index (χ4n) is 2.37. The lowest BCUT2D eigenvalue weighted by Gasteiger charge is -2.28. The van der Waals surface area contributed by atoms with Gasteiger partial charge in [-0.3, -0.25) is 0 Å². The number of rotatable bonds is 1. The average Bonchev–Trinajstić information content (AvgIpc) is 2.84. The van der Waals surface area contributed by atoms with Gasteiger partial charge in [0.05, 0.1) is 0 Å². The van der Waals surface area contributed by atoms with Gasteiger partial charge in [0.2, 0.25) is 0 Å². The highest BCUT2D eigenvalue weighted by Crippen LogP contribution is 2.51. The first-order valence-corrected chi connectivity index (χ1v) is 5.61. The number of hydrogen-bond donors (Lipinski definition) is 2. The van der Waals surface area contributed by atoms with Crippen LogP contribution < -0.4 is 5.73 Å². The minimum absolute atomic E-state index is 0.222. The van der Waals surface area contributed by atoms with Crippen LogP contribution in [0.25, 0.3) is 0 Å². The van der Waals surface area contributed by atoms with Crippen molar-refractivity contribution in [1.29, 1.82) is 0 Å². The maximum absolute atomic E-state index is 9.11. The summed E-state index contributed by atoms with van der Waals surface area (Å²) in [5.41, 5.74) is 4.72. The molecule has 84 valence electrons. The third-order valence-electron chi connectivity index (χ3n) is 3.16. The first-order chi connectivity index (χ1) is 6.74. The van der Waals surface area contributed by atoms with Gasteiger partial charge in [0.25, 0.3) is 0 Å². The quantitative estimate of drug-likeness (QED) is 0.636. The SMILES string of the molecule is CC.CC1(CO)CC2C=CC1C2.CN. The van der Waals surface area contributed by atoms with Crippen LogP contribution in [0.2, 0.25) is 0 Å². The van der Waals surface area contributed by atoms with Crippen molar-refractivity contribution in [2.24, 2.45) is 23.0 Å². The minimum Gasteiger partial charge on any atom is -0.396 e. The van der Waals surface area contributed by atoms with Crippen LogP contribution >= 0.6 is 0 Å². The van der Waals surface area contributed by atoms with E-state index in [1.807, 2.05) is 13.8 Å². The molecule has 2 heteroatoms. The van der Waals surface area contributed by atoms with E-state index < -0.39 is 0 Å². The number of nitrogens with two attached hydrogens (primary N) is 1. The Morgan fingerprint density at radius 3 is 2.14 bits per heavy atom. The van der Waals surface area contributed by atoms with Gasteiger partial charge in [0.1, 0.15) is 0 Å². The molecule has 0 radical (unpaired) electrons. The van der Waals surface area contributed by atoms with Crippen molar-refractivity contribution in [3.63, 3.8) is 0 Å². The molecule has 0 heterocycles. The number of aliphatic hydroxyl groups is 1. The minimum atomic E-state index is 0.222. The molecule has 3 atom stereocenters. The zero-order valence-electron chi connectivity index (χ0n) is 9.96. The second-order valence-corrected chi connectivity index (χ2v) is 4.00. The van der Waals surface area contributed by atoms with E-state index >= 15 is 0 Å². The molecule has 2 aliphatic rings. The first kappa shape index (κ1) is 13.7. The Bertz CT molecular complexity index is 179. The highest BCUT2D eigenvalue weighted by atomic mass is 16.3. The van der Waals surface area contributed by atoms with Crippen LogP contribution in [0.1, 0.15) is 33.6 Å². The molecule has 0 aromatic heterocycles. The van der Waals surface area contributed by atoms with Gasteiger partial charge < -0.3 is 10.8 Å². The molecule has 0 aromatic carbocycles. The lowest BCUT2D eigenvalue weighted by atomic mass is 9.78. The van der Waals surface area contributed by atoms with E-state index in [4.69, 9.17) is 5.11 Å². The van der Waals surface area contributed by atoms with E-state index in [0.29, 0.717) is 12.5 Å². The van der Waals surface area contributed by atoms with Crippen molar-refractivity contribution in [3.8, 4) is 0 Å². The number of allylic oxidation sites excluding steroid dienone is 2. The van der Waals surface area contributed by atoms with E-state index in [1.54, 1.807) is 0 Å². The normalized spacial score (nSPS) is 37.0. The van der Waals surface area contributed by atoms with Crippen molar-refractivity contribution in [3.05, 3.63) is 12.2 Å². The number of fused-ring (bicyclic) bond motifs is 2. The van der Waals surface area contributed by atoms with Gasteiger partial charge in [-0.2, -0.15) is 0 Å². The molecule has 0 amide bonds. The van der Waals surface area contributed by atoms with E-state index in [9.17, 15) is 0 Å². The topological polar surface area (TPSA) is 46.2 Å².